The zero-order chi connectivity index (χ0) is 18.0. The van der Waals surface area contributed by atoms with Crippen molar-refractivity contribution < 1.29 is 9.59 Å². The fraction of sp³-hybridized carbons (Fsp3) is 0.706. The fourth-order valence-electron chi connectivity index (χ4n) is 3.45. The molecular formula is C17H28N6O2. The van der Waals surface area contributed by atoms with E-state index in [0.717, 1.165) is 50.3 Å². The van der Waals surface area contributed by atoms with Gasteiger partial charge in [0.2, 0.25) is 0 Å². The number of fused-ring (bicyclic) bond motifs is 1. The summed E-state index contributed by atoms with van der Waals surface area (Å²) in [6.45, 7) is 7.02. The highest BCUT2D eigenvalue weighted by atomic mass is 16.2. The molecule has 8 heteroatoms. The number of likely N-dealkylation sites (N-methyl/N-ethyl adjacent to an activating group) is 1. The molecule has 138 valence electrons. The summed E-state index contributed by atoms with van der Waals surface area (Å²) in [5.41, 5.74) is 2.37. The highest BCUT2D eigenvalue weighted by Gasteiger charge is 2.33. The predicted molar refractivity (Wildman–Crippen MR) is 94.2 cm³/mol. The molecule has 0 atom stereocenters. The number of carbonyl (C=O) groups is 2. The molecule has 3 rings (SSSR count). The van der Waals surface area contributed by atoms with Crippen molar-refractivity contribution >= 4 is 11.9 Å². The fourth-order valence-corrected chi connectivity index (χ4v) is 3.45. The van der Waals surface area contributed by atoms with Crippen molar-refractivity contribution in [1.29, 1.82) is 0 Å². The Morgan fingerprint density at radius 1 is 1.08 bits per heavy atom. The van der Waals surface area contributed by atoms with Gasteiger partial charge < -0.3 is 20.0 Å². The van der Waals surface area contributed by atoms with E-state index >= 15 is 0 Å². The highest BCUT2D eigenvalue weighted by Crippen LogP contribution is 2.26. The standard InChI is InChI=1S/C17H28N6O2/c1-4-6-18-17(25)23-11-13-14(12-23)21(3)19-15(13)16(24)22-8-5-7-20(2)9-10-22/h4-12H2,1-3H3,(H,18,25). The molecule has 0 saturated carbocycles. The molecule has 0 bridgehead atoms. The number of nitrogens with zero attached hydrogens (tertiary/aromatic N) is 5. The van der Waals surface area contributed by atoms with Crippen molar-refractivity contribution in [3.8, 4) is 0 Å². The molecule has 0 radical (unpaired) electrons. The maximum atomic E-state index is 13.0. The molecule has 2 aliphatic rings. The second kappa shape index (κ2) is 7.43. The summed E-state index contributed by atoms with van der Waals surface area (Å²) in [5.74, 6) is -0.0111. The number of carbonyl (C=O) groups excluding carboxylic acids is 2. The van der Waals surface area contributed by atoms with Gasteiger partial charge in [-0.3, -0.25) is 9.48 Å². The van der Waals surface area contributed by atoms with Gasteiger partial charge in [0, 0.05) is 38.8 Å². The average Bonchev–Trinajstić information content (AvgIpc) is 3.08. The van der Waals surface area contributed by atoms with Gasteiger partial charge in [-0.25, -0.2) is 4.79 Å². The van der Waals surface area contributed by atoms with Crippen molar-refractivity contribution in [1.82, 2.24) is 29.8 Å². The van der Waals surface area contributed by atoms with E-state index in [1.54, 1.807) is 9.58 Å². The summed E-state index contributed by atoms with van der Waals surface area (Å²) < 4.78 is 1.75. The van der Waals surface area contributed by atoms with Crippen LogP contribution < -0.4 is 5.32 Å². The molecule has 1 aromatic heterocycles. The molecule has 3 amide bonds. The SMILES string of the molecule is CCCNC(=O)N1Cc2c(C(=O)N3CCCN(C)CC3)nn(C)c2C1. The zero-order valence-electron chi connectivity index (χ0n) is 15.4. The number of rotatable bonds is 3. The maximum absolute atomic E-state index is 13.0. The molecule has 1 N–H and O–H groups in total. The normalized spacial score (nSPS) is 18.2. The topological polar surface area (TPSA) is 73.7 Å². The van der Waals surface area contributed by atoms with E-state index in [-0.39, 0.29) is 11.9 Å². The van der Waals surface area contributed by atoms with Crippen LogP contribution in [0.15, 0.2) is 0 Å². The highest BCUT2D eigenvalue weighted by molar-refractivity contribution is 5.94. The minimum absolute atomic E-state index is 0.0111. The Bertz CT molecular complexity index is 656. The summed E-state index contributed by atoms with van der Waals surface area (Å²) in [6.07, 6.45) is 1.88. The number of amides is 3. The third-order valence-electron chi connectivity index (χ3n) is 4.99. The molecule has 8 nitrogen and oxygen atoms in total. The van der Waals surface area contributed by atoms with Gasteiger partial charge in [-0.05, 0) is 26.4 Å². The first-order valence-corrected chi connectivity index (χ1v) is 9.06. The molecule has 2 aliphatic heterocycles. The van der Waals surface area contributed by atoms with Gasteiger partial charge in [0.25, 0.3) is 5.91 Å². The number of hydrogen-bond acceptors (Lipinski definition) is 4. The smallest absolute Gasteiger partial charge is 0.318 e. The summed E-state index contributed by atoms with van der Waals surface area (Å²) in [5, 5.41) is 7.37. The number of aryl methyl sites for hydroxylation is 1. The van der Waals surface area contributed by atoms with Gasteiger partial charge in [0.15, 0.2) is 5.69 Å². The molecule has 1 saturated heterocycles. The van der Waals surface area contributed by atoms with Crippen LogP contribution in [-0.4, -0.2) is 76.2 Å². The summed E-state index contributed by atoms with van der Waals surface area (Å²) in [6, 6.07) is -0.0761. The summed E-state index contributed by atoms with van der Waals surface area (Å²) in [4.78, 5) is 31.1. The summed E-state index contributed by atoms with van der Waals surface area (Å²) >= 11 is 0. The molecule has 25 heavy (non-hydrogen) atoms. The third kappa shape index (κ3) is 3.63. The van der Waals surface area contributed by atoms with E-state index in [4.69, 9.17) is 0 Å². The first kappa shape index (κ1) is 17.7. The number of hydrogen-bond donors (Lipinski definition) is 1. The quantitative estimate of drug-likeness (QED) is 0.870. The molecule has 0 aromatic carbocycles. The average molecular weight is 348 g/mol. The Kier molecular flexibility index (Phi) is 5.27. The Morgan fingerprint density at radius 3 is 2.64 bits per heavy atom. The lowest BCUT2D eigenvalue weighted by atomic mass is 10.2. The van der Waals surface area contributed by atoms with Gasteiger partial charge >= 0.3 is 6.03 Å². The van der Waals surface area contributed by atoms with Crippen LogP contribution in [0.3, 0.4) is 0 Å². The molecular weight excluding hydrogens is 320 g/mol. The minimum atomic E-state index is -0.0761. The lowest BCUT2D eigenvalue weighted by Crippen LogP contribution is -2.38. The first-order valence-electron chi connectivity index (χ1n) is 9.06. The van der Waals surface area contributed by atoms with Crippen LogP contribution in [0.2, 0.25) is 0 Å². The molecule has 0 aliphatic carbocycles. The summed E-state index contributed by atoms with van der Waals surface area (Å²) in [7, 11) is 3.93. The van der Waals surface area contributed by atoms with Crippen LogP contribution in [0.4, 0.5) is 4.79 Å². The first-order chi connectivity index (χ1) is 12.0. The van der Waals surface area contributed by atoms with Crippen LogP contribution in [0.1, 0.15) is 41.5 Å². The number of nitrogens with one attached hydrogen (secondary N) is 1. The van der Waals surface area contributed by atoms with Gasteiger partial charge in [-0.2, -0.15) is 5.10 Å². The van der Waals surface area contributed by atoms with E-state index in [1.807, 2.05) is 18.9 Å². The van der Waals surface area contributed by atoms with Crippen molar-refractivity contribution in [3.05, 3.63) is 17.0 Å². The largest absolute Gasteiger partial charge is 0.338 e. The monoisotopic (exact) mass is 348 g/mol. The maximum Gasteiger partial charge on any atom is 0.318 e. The zero-order valence-corrected chi connectivity index (χ0v) is 15.4. The van der Waals surface area contributed by atoms with Gasteiger partial charge in [0.1, 0.15) is 0 Å². The van der Waals surface area contributed by atoms with Crippen LogP contribution in [0, 0.1) is 0 Å². The van der Waals surface area contributed by atoms with Crippen LogP contribution in [0.5, 0.6) is 0 Å². The Hall–Kier alpha value is -2.09. The van der Waals surface area contributed by atoms with E-state index in [1.165, 1.54) is 0 Å². The minimum Gasteiger partial charge on any atom is -0.338 e. The Morgan fingerprint density at radius 2 is 1.88 bits per heavy atom. The molecule has 1 fully saturated rings. The second-order valence-electron chi connectivity index (χ2n) is 6.93. The number of urea groups is 1. The van der Waals surface area contributed by atoms with Gasteiger partial charge in [0.05, 0.1) is 18.8 Å². The molecule has 0 unspecified atom stereocenters. The van der Waals surface area contributed by atoms with Gasteiger partial charge in [-0.1, -0.05) is 6.92 Å². The lowest BCUT2D eigenvalue weighted by molar-refractivity contribution is 0.0754. The van der Waals surface area contributed by atoms with Crippen molar-refractivity contribution in [3.63, 3.8) is 0 Å². The van der Waals surface area contributed by atoms with Gasteiger partial charge in [-0.15, -0.1) is 0 Å². The Labute approximate surface area is 148 Å². The molecule has 1 aromatic rings. The Balaban J connectivity index is 1.74. The van der Waals surface area contributed by atoms with E-state index in [2.05, 4.69) is 22.4 Å². The number of aromatic nitrogens is 2. The van der Waals surface area contributed by atoms with E-state index in [9.17, 15) is 9.59 Å². The molecule has 0 spiro atoms. The van der Waals surface area contributed by atoms with Crippen LogP contribution in [-0.2, 0) is 20.1 Å². The molecule has 3 heterocycles. The van der Waals surface area contributed by atoms with Crippen molar-refractivity contribution in [2.24, 2.45) is 7.05 Å². The third-order valence-corrected chi connectivity index (χ3v) is 4.99. The van der Waals surface area contributed by atoms with E-state index in [0.29, 0.717) is 25.3 Å². The second-order valence-corrected chi connectivity index (χ2v) is 6.93. The van der Waals surface area contributed by atoms with Crippen molar-refractivity contribution in [2.45, 2.75) is 32.9 Å². The van der Waals surface area contributed by atoms with E-state index < -0.39 is 0 Å². The predicted octanol–water partition coefficient (Wildman–Crippen LogP) is 0.633. The van der Waals surface area contributed by atoms with Crippen LogP contribution in [0.25, 0.3) is 0 Å². The lowest BCUT2D eigenvalue weighted by Gasteiger charge is -2.20. The van der Waals surface area contributed by atoms with Crippen molar-refractivity contribution in [2.75, 3.05) is 39.8 Å². The van der Waals surface area contributed by atoms with Crippen LogP contribution >= 0.6 is 0 Å².